The quantitative estimate of drug-likeness (QED) is 0.549. The number of fused-ring (bicyclic) bond motifs is 3. The van der Waals surface area contributed by atoms with Gasteiger partial charge in [-0.05, 0) is 31.9 Å². The SMILES string of the molecule is [2H]C([2H])([2H])NC(=O)c1nnc(NC(=O)C2CC2)cc1Nc1nccc2c1N(C)C([2H])([2H])c1cc(C)nn1-2. The molecule has 3 aromatic rings. The molecule has 1 aliphatic carbocycles. The molecule has 0 aromatic carbocycles. The Kier molecular flexibility index (Phi) is 3.53. The summed E-state index contributed by atoms with van der Waals surface area (Å²) in [6, 6.07) is 4.69. The molecule has 0 atom stereocenters. The Balaban J connectivity index is 1.59. The zero-order chi connectivity index (χ0) is 26.7. The maximum atomic E-state index is 12.7. The fourth-order valence-electron chi connectivity index (χ4n) is 3.50. The first-order chi connectivity index (χ1) is 17.3. The maximum absolute atomic E-state index is 12.7. The molecule has 3 aromatic heterocycles. The van der Waals surface area contributed by atoms with Gasteiger partial charge in [0.2, 0.25) is 5.91 Å². The van der Waals surface area contributed by atoms with E-state index in [9.17, 15) is 9.59 Å². The van der Waals surface area contributed by atoms with Gasteiger partial charge in [0.05, 0.1) is 32.0 Å². The van der Waals surface area contributed by atoms with Crippen molar-refractivity contribution in [2.24, 2.45) is 5.92 Å². The first kappa shape index (κ1) is 14.9. The van der Waals surface area contributed by atoms with Crippen LogP contribution in [0.2, 0.25) is 0 Å². The molecule has 1 aliphatic heterocycles. The Labute approximate surface area is 191 Å². The van der Waals surface area contributed by atoms with E-state index in [0.717, 1.165) is 12.8 Å². The largest absolute Gasteiger partial charge is 0.364 e. The van der Waals surface area contributed by atoms with Crippen molar-refractivity contribution < 1.29 is 16.4 Å². The minimum absolute atomic E-state index is 0.0140. The molecule has 0 spiro atoms. The summed E-state index contributed by atoms with van der Waals surface area (Å²) in [6.45, 7) is -2.96. The molecule has 11 nitrogen and oxygen atoms in total. The van der Waals surface area contributed by atoms with Crippen LogP contribution in [0.1, 0.15) is 41.6 Å². The van der Waals surface area contributed by atoms with Crippen LogP contribution < -0.4 is 20.9 Å². The number of nitrogens with one attached hydrogen (secondary N) is 3. The number of nitrogens with zero attached hydrogens (tertiary/aromatic N) is 6. The van der Waals surface area contributed by atoms with Crippen LogP contribution in [0.15, 0.2) is 24.4 Å². The number of amides is 2. The molecule has 0 bridgehead atoms. The van der Waals surface area contributed by atoms with E-state index in [1.54, 1.807) is 26.1 Å². The molecule has 164 valence electrons. The number of pyridine rings is 1. The zero-order valence-corrected chi connectivity index (χ0v) is 17.3. The van der Waals surface area contributed by atoms with E-state index < -0.39 is 19.4 Å². The molecule has 1 saturated carbocycles. The van der Waals surface area contributed by atoms with Crippen molar-refractivity contribution in [2.45, 2.75) is 26.3 Å². The Morgan fingerprint density at radius 2 is 2.12 bits per heavy atom. The molecule has 0 radical (unpaired) electrons. The molecule has 5 rings (SSSR count). The Morgan fingerprint density at radius 3 is 2.91 bits per heavy atom. The summed E-state index contributed by atoms with van der Waals surface area (Å²) in [4.78, 5) is 30.7. The van der Waals surface area contributed by atoms with Crippen molar-refractivity contribution in [3.8, 4) is 5.69 Å². The van der Waals surface area contributed by atoms with E-state index in [-0.39, 0.29) is 34.8 Å². The third-order valence-corrected chi connectivity index (χ3v) is 5.16. The summed E-state index contributed by atoms with van der Waals surface area (Å²) in [5, 5.41) is 19.7. The van der Waals surface area contributed by atoms with Gasteiger partial charge in [-0.25, -0.2) is 9.67 Å². The summed E-state index contributed by atoms with van der Waals surface area (Å²) in [5.41, 5.74) is 1.51. The van der Waals surface area contributed by atoms with Gasteiger partial charge >= 0.3 is 0 Å². The second-order valence-corrected chi connectivity index (χ2v) is 7.62. The predicted octanol–water partition coefficient (Wildman–Crippen LogP) is 1.77. The first-order valence-electron chi connectivity index (χ1n) is 12.4. The predicted molar refractivity (Wildman–Crippen MR) is 118 cm³/mol. The highest BCUT2D eigenvalue weighted by atomic mass is 16.2. The van der Waals surface area contributed by atoms with Gasteiger partial charge in [0.1, 0.15) is 5.69 Å². The third kappa shape index (κ3) is 3.51. The van der Waals surface area contributed by atoms with Gasteiger partial charge in [0.25, 0.3) is 5.91 Å². The molecule has 2 amide bonds. The number of hydrogen-bond acceptors (Lipinski definition) is 8. The summed E-state index contributed by atoms with van der Waals surface area (Å²) in [7, 11) is 1.56. The second kappa shape index (κ2) is 7.59. The van der Waals surface area contributed by atoms with Crippen LogP contribution >= 0.6 is 0 Å². The van der Waals surface area contributed by atoms with Gasteiger partial charge < -0.3 is 20.9 Å². The smallest absolute Gasteiger partial charge is 0.273 e. The van der Waals surface area contributed by atoms with Crippen LogP contribution in [0.5, 0.6) is 0 Å². The summed E-state index contributed by atoms with van der Waals surface area (Å²) >= 11 is 0. The van der Waals surface area contributed by atoms with Crippen molar-refractivity contribution >= 4 is 34.8 Å². The van der Waals surface area contributed by atoms with Gasteiger partial charge in [-0.3, -0.25) is 9.59 Å². The lowest BCUT2D eigenvalue weighted by Crippen LogP contribution is -2.27. The molecule has 1 fully saturated rings. The second-order valence-electron chi connectivity index (χ2n) is 7.62. The molecule has 2 aliphatic rings. The summed E-state index contributed by atoms with van der Waals surface area (Å²) < 4.78 is 40.9. The topological polar surface area (TPSA) is 130 Å². The van der Waals surface area contributed by atoms with Crippen molar-refractivity contribution in [1.29, 1.82) is 0 Å². The number of rotatable bonds is 5. The number of aryl methyl sites for hydroxylation is 1. The molecule has 0 saturated heterocycles. The molecule has 0 unspecified atom stereocenters. The van der Waals surface area contributed by atoms with E-state index in [1.807, 2.05) is 5.32 Å². The monoisotopic (exact) mass is 438 g/mol. The number of carbonyl (C=O) groups is 2. The lowest BCUT2D eigenvalue weighted by molar-refractivity contribution is -0.117. The molecule has 32 heavy (non-hydrogen) atoms. The number of aromatic nitrogens is 5. The van der Waals surface area contributed by atoms with Gasteiger partial charge in [0, 0.05) is 36.3 Å². The van der Waals surface area contributed by atoms with Gasteiger partial charge in [-0.2, -0.15) is 5.10 Å². The highest BCUT2D eigenvalue weighted by molar-refractivity contribution is 6.00. The fourth-order valence-corrected chi connectivity index (χ4v) is 3.50. The van der Waals surface area contributed by atoms with E-state index in [0.29, 0.717) is 22.8 Å². The average molecular weight is 439 g/mol. The Hall–Kier alpha value is -4.02. The van der Waals surface area contributed by atoms with E-state index in [1.165, 1.54) is 21.8 Å². The third-order valence-electron chi connectivity index (χ3n) is 5.16. The van der Waals surface area contributed by atoms with Gasteiger partial charge in [-0.15, -0.1) is 10.2 Å². The van der Waals surface area contributed by atoms with E-state index >= 15 is 0 Å². The van der Waals surface area contributed by atoms with Gasteiger partial charge in [-0.1, -0.05) is 0 Å². The van der Waals surface area contributed by atoms with Gasteiger partial charge in [0.15, 0.2) is 17.3 Å². The Bertz CT molecular complexity index is 1420. The highest BCUT2D eigenvalue weighted by Crippen LogP contribution is 2.37. The van der Waals surface area contributed by atoms with E-state index in [4.69, 9.17) is 6.85 Å². The standard InChI is InChI=1S/C21H23N9O2/c1-11-8-13-10-29(3)18-15(30(13)28-11)6-7-23-19(18)24-14-9-16(25-20(31)12-4-5-12)26-27-17(14)21(32)22-2/h6-9,12H,4-5,10H2,1-3H3,(H,22,32)(H2,23,24,25,26,31)/i2D3,10D2. The van der Waals surface area contributed by atoms with Crippen LogP contribution in [0.4, 0.5) is 23.0 Å². The van der Waals surface area contributed by atoms with Crippen molar-refractivity contribution in [3.63, 3.8) is 0 Å². The minimum Gasteiger partial charge on any atom is -0.364 e. The molecular weight excluding hydrogens is 410 g/mol. The number of hydrogen-bond donors (Lipinski definition) is 3. The van der Waals surface area contributed by atoms with Crippen LogP contribution in [0.25, 0.3) is 5.69 Å². The van der Waals surface area contributed by atoms with E-state index in [2.05, 4.69) is 30.9 Å². The average Bonchev–Trinajstić information content (AvgIpc) is 3.58. The molecule has 4 heterocycles. The van der Waals surface area contributed by atoms with Crippen LogP contribution in [-0.2, 0) is 11.3 Å². The normalized spacial score (nSPS) is 18.7. The Morgan fingerprint density at radius 1 is 1.28 bits per heavy atom. The minimum atomic E-state index is -2.77. The van der Waals surface area contributed by atoms with Crippen LogP contribution in [0.3, 0.4) is 0 Å². The van der Waals surface area contributed by atoms with Crippen molar-refractivity contribution in [2.75, 3.05) is 29.6 Å². The molecule has 11 heteroatoms. The fraction of sp³-hybridized carbons (Fsp3) is 0.333. The molecule has 3 N–H and O–H groups in total. The lowest BCUT2D eigenvalue weighted by atomic mass is 10.2. The van der Waals surface area contributed by atoms with Crippen molar-refractivity contribution in [1.82, 2.24) is 30.3 Å². The number of carbonyl (C=O) groups excluding carboxylic acids is 2. The molecular formula is C21H23N9O2. The number of anilines is 4. The summed E-state index contributed by atoms with van der Waals surface area (Å²) in [5.74, 6) is -1.15. The zero-order valence-electron chi connectivity index (χ0n) is 22.3. The maximum Gasteiger partial charge on any atom is 0.273 e. The van der Waals surface area contributed by atoms with Crippen molar-refractivity contribution in [3.05, 3.63) is 41.5 Å². The van der Waals surface area contributed by atoms with Crippen LogP contribution in [0, 0.1) is 12.8 Å². The highest BCUT2D eigenvalue weighted by Gasteiger charge is 2.30. The lowest BCUT2D eigenvalue weighted by Gasteiger charge is -2.30. The van der Waals surface area contributed by atoms with Crippen LogP contribution in [-0.4, -0.2) is 50.8 Å². The first-order valence-corrected chi connectivity index (χ1v) is 9.93. The summed E-state index contributed by atoms with van der Waals surface area (Å²) in [6.07, 6.45) is 3.03.